The second-order valence-electron chi connectivity index (χ2n) is 7.09. The molecule has 0 saturated heterocycles. The van der Waals surface area contributed by atoms with E-state index in [1.165, 1.54) is 6.42 Å². The van der Waals surface area contributed by atoms with E-state index in [4.69, 9.17) is 9.84 Å². The van der Waals surface area contributed by atoms with E-state index in [1.807, 2.05) is 42.5 Å². The second kappa shape index (κ2) is 7.32. The van der Waals surface area contributed by atoms with Crippen LogP contribution < -0.4 is 4.74 Å². The Kier molecular flexibility index (Phi) is 4.74. The number of carbonyl (C=O) groups is 1. The maximum atomic E-state index is 13.0. The van der Waals surface area contributed by atoms with Crippen LogP contribution in [0, 0.1) is 11.8 Å². The van der Waals surface area contributed by atoms with Crippen molar-refractivity contribution in [1.82, 2.24) is 5.01 Å². The second-order valence-corrected chi connectivity index (χ2v) is 7.09. The number of benzene rings is 2. The van der Waals surface area contributed by atoms with Gasteiger partial charge in [-0.1, -0.05) is 43.2 Å². The molecule has 1 heterocycles. The van der Waals surface area contributed by atoms with Crippen molar-refractivity contribution >= 4 is 11.6 Å². The molecule has 2 aromatic carbocycles. The highest BCUT2D eigenvalue weighted by molar-refractivity contribution is 6.06. The molecule has 1 aliphatic carbocycles. The zero-order valence-corrected chi connectivity index (χ0v) is 15.1. The van der Waals surface area contributed by atoms with Crippen LogP contribution in [-0.2, 0) is 11.3 Å². The van der Waals surface area contributed by atoms with Gasteiger partial charge in [-0.3, -0.25) is 4.79 Å². The van der Waals surface area contributed by atoms with E-state index in [-0.39, 0.29) is 17.7 Å². The molecule has 1 saturated carbocycles. The van der Waals surface area contributed by atoms with E-state index >= 15 is 0 Å². The van der Waals surface area contributed by atoms with Crippen LogP contribution in [-0.4, -0.2) is 23.7 Å². The van der Waals surface area contributed by atoms with Gasteiger partial charge in [-0.15, -0.1) is 0 Å². The van der Waals surface area contributed by atoms with Gasteiger partial charge < -0.3 is 4.74 Å². The molecule has 2 atom stereocenters. The lowest BCUT2D eigenvalue weighted by Gasteiger charge is -2.38. The maximum Gasteiger partial charge on any atom is 0.246 e. The first-order chi connectivity index (χ1) is 12.8. The number of hydrogen-bond acceptors (Lipinski definition) is 3. The van der Waals surface area contributed by atoms with Crippen LogP contribution >= 0.6 is 0 Å². The van der Waals surface area contributed by atoms with Crippen molar-refractivity contribution in [2.24, 2.45) is 16.9 Å². The molecule has 1 aliphatic heterocycles. The number of rotatable bonds is 4. The molecule has 2 aliphatic rings. The Labute approximate surface area is 154 Å². The number of carbonyl (C=O) groups excluding carboxylic acids is 1. The molecule has 0 unspecified atom stereocenters. The lowest BCUT2D eigenvalue weighted by Crippen LogP contribution is -2.45. The largest absolute Gasteiger partial charge is 0.497 e. The summed E-state index contributed by atoms with van der Waals surface area (Å²) in [4.78, 5) is 13.0. The van der Waals surface area contributed by atoms with Gasteiger partial charge in [-0.25, -0.2) is 5.01 Å². The molecule has 4 heteroatoms. The van der Waals surface area contributed by atoms with E-state index in [0.29, 0.717) is 6.54 Å². The molecule has 0 spiro atoms. The summed E-state index contributed by atoms with van der Waals surface area (Å²) < 4.78 is 5.28. The van der Waals surface area contributed by atoms with Crippen LogP contribution in [0.5, 0.6) is 5.75 Å². The number of fused-ring (bicyclic) bond motifs is 1. The average Bonchev–Trinajstić information content (AvgIpc) is 2.71. The molecular weight excluding hydrogens is 324 g/mol. The Bertz CT molecular complexity index is 799. The Morgan fingerprint density at radius 2 is 1.69 bits per heavy atom. The highest BCUT2D eigenvalue weighted by Crippen LogP contribution is 2.38. The summed E-state index contributed by atoms with van der Waals surface area (Å²) in [6, 6.07) is 18.1. The third-order valence-electron chi connectivity index (χ3n) is 5.48. The fourth-order valence-electron chi connectivity index (χ4n) is 4.10. The lowest BCUT2D eigenvalue weighted by molar-refractivity contribution is -0.139. The first kappa shape index (κ1) is 16.8. The van der Waals surface area contributed by atoms with Gasteiger partial charge in [0.1, 0.15) is 5.75 Å². The third-order valence-corrected chi connectivity index (χ3v) is 5.48. The standard InChI is InChI=1S/C22H24N2O2/c1-26-18-13-11-17(12-14-18)21-19-9-5-6-10-20(19)22(25)24(23-21)15-16-7-3-2-4-8-16/h2-4,7-8,11-14,19-20H,5-6,9-10,15H2,1H3/t19-,20+/m0/s1. The summed E-state index contributed by atoms with van der Waals surface area (Å²) in [5.41, 5.74) is 3.24. The Morgan fingerprint density at radius 1 is 1.00 bits per heavy atom. The first-order valence-electron chi connectivity index (χ1n) is 9.34. The smallest absolute Gasteiger partial charge is 0.246 e. The average molecular weight is 348 g/mol. The van der Waals surface area contributed by atoms with Crippen molar-refractivity contribution in [2.75, 3.05) is 7.11 Å². The SMILES string of the molecule is COc1ccc(C2=NN(Cc3ccccc3)C(=O)[C@@H]3CCCC[C@H]23)cc1. The van der Waals surface area contributed by atoms with Gasteiger partial charge in [0.2, 0.25) is 5.91 Å². The van der Waals surface area contributed by atoms with Crippen molar-refractivity contribution in [3.8, 4) is 5.75 Å². The van der Waals surface area contributed by atoms with Gasteiger partial charge in [0.25, 0.3) is 0 Å². The molecule has 4 nitrogen and oxygen atoms in total. The Balaban J connectivity index is 1.70. The molecule has 134 valence electrons. The topological polar surface area (TPSA) is 41.9 Å². The summed E-state index contributed by atoms with van der Waals surface area (Å²) >= 11 is 0. The zero-order chi connectivity index (χ0) is 17.9. The van der Waals surface area contributed by atoms with E-state index in [0.717, 1.165) is 41.9 Å². The number of amides is 1. The normalized spacial score (nSPS) is 22.6. The van der Waals surface area contributed by atoms with Gasteiger partial charge in [0, 0.05) is 11.8 Å². The molecule has 0 aromatic heterocycles. The number of nitrogens with zero attached hydrogens (tertiary/aromatic N) is 2. The van der Waals surface area contributed by atoms with Crippen LogP contribution in [0.2, 0.25) is 0 Å². The maximum absolute atomic E-state index is 13.0. The predicted octanol–water partition coefficient (Wildman–Crippen LogP) is 4.25. The van der Waals surface area contributed by atoms with Crippen LogP contribution in [0.25, 0.3) is 0 Å². The minimum absolute atomic E-state index is 0.0575. The van der Waals surface area contributed by atoms with Crippen LogP contribution in [0.1, 0.15) is 36.8 Å². The lowest BCUT2D eigenvalue weighted by atomic mass is 9.73. The monoisotopic (exact) mass is 348 g/mol. The van der Waals surface area contributed by atoms with Crippen molar-refractivity contribution in [3.63, 3.8) is 0 Å². The highest BCUT2D eigenvalue weighted by atomic mass is 16.5. The van der Waals surface area contributed by atoms with E-state index in [9.17, 15) is 4.79 Å². The molecular formula is C22H24N2O2. The Morgan fingerprint density at radius 3 is 2.38 bits per heavy atom. The molecule has 4 rings (SSSR count). The number of ether oxygens (including phenoxy) is 1. The van der Waals surface area contributed by atoms with Crippen molar-refractivity contribution in [2.45, 2.75) is 32.2 Å². The van der Waals surface area contributed by atoms with E-state index < -0.39 is 0 Å². The fourth-order valence-corrected chi connectivity index (χ4v) is 4.10. The molecule has 2 aromatic rings. The van der Waals surface area contributed by atoms with Gasteiger partial charge in [-0.2, -0.15) is 5.10 Å². The summed E-state index contributed by atoms with van der Waals surface area (Å²) in [7, 11) is 1.67. The van der Waals surface area contributed by atoms with Crippen molar-refractivity contribution < 1.29 is 9.53 Å². The van der Waals surface area contributed by atoms with Crippen LogP contribution in [0.4, 0.5) is 0 Å². The first-order valence-corrected chi connectivity index (χ1v) is 9.34. The minimum atomic E-state index is 0.0575. The fraction of sp³-hybridized carbons (Fsp3) is 0.364. The van der Waals surface area contributed by atoms with E-state index in [2.05, 4.69) is 12.1 Å². The van der Waals surface area contributed by atoms with Gasteiger partial charge in [0.15, 0.2) is 0 Å². The summed E-state index contributed by atoms with van der Waals surface area (Å²) in [5, 5.41) is 6.51. The summed E-state index contributed by atoms with van der Waals surface area (Å²) in [6.07, 6.45) is 4.30. The molecule has 0 radical (unpaired) electrons. The number of hydrazone groups is 1. The predicted molar refractivity (Wildman–Crippen MR) is 102 cm³/mol. The van der Waals surface area contributed by atoms with Crippen LogP contribution in [0.3, 0.4) is 0 Å². The van der Waals surface area contributed by atoms with E-state index in [1.54, 1.807) is 12.1 Å². The highest BCUT2D eigenvalue weighted by Gasteiger charge is 2.41. The van der Waals surface area contributed by atoms with Crippen molar-refractivity contribution in [1.29, 1.82) is 0 Å². The van der Waals surface area contributed by atoms with Crippen molar-refractivity contribution in [3.05, 3.63) is 65.7 Å². The van der Waals surface area contributed by atoms with Gasteiger partial charge >= 0.3 is 0 Å². The quantitative estimate of drug-likeness (QED) is 0.829. The summed E-state index contributed by atoms with van der Waals surface area (Å²) in [6.45, 7) is 0.530. The number of hydrogen-bond donors (Lipinski definition) is 0. The van der Waals surface area contributed by atoms with Crippen LogP contribution in [0.15, 0.2) is 59.7 Å². The number of methoxy groups -OCH3 is 1. The molecule has 1 amide bonds. The third kappa shape index (κ3) is 3.24. The van der Waals surface area contributed by atoms with Gasteiger partial charge in [0.05, 0.1) is 19.4 Å². The molecule has 0 N–H and O–H groups in total. The molecule has 0 bridgehead atoms. The molecule has 26 heavy (non-hydrogen) atoms. The Hall–Kier alpha value is -2.62. The minimum Gasteiger partial charge on any atom is -0.497 e. The summed E-state index contributed by atoms with van der Waals surface area (Å²) in [5.74, 6) is 1.30. The zero-order valence-electron chi connectivity index (χ0n) is 15.1. The molecule has 1 fully saturated rings. The van der Waals surface area contributed by atoms with Gasteiger partial charge in [-0.05, 0) is 48.2 Å².